The highest BCUT2D eigenvalue weighted by Gasteiger charge is 2.51. The Morgan fingerprint density at radius 1 is 1.10 bits per heavy atom. The maximum atomic E-state index is 13.3. The molecule has 31 heavy (non-hydrogen) atoms. The molecule has 8 nitrogen and oxygen atoms in total. The Bertz CT molecular complexity index is 1140. The van der Waals surface area contributed by atoms with E-state index in [9.17, 15) is 23.1 Å². The number of allylic oxidation sites excluding steroid dienone is 2. The number of aromatic hydroxyl groups is 1. The van der Waals surface area contributed by atoms with Gasteiger partial charge in [0.2, 0.25) is 0 Å². The SMILES string of the molecule is NC1=CCC(C(=O)[C@@H](N)Cc2ccc(O)cc2)(S(=O)(=O)NC(=O)c2ccccc2)C=C1. The topological polar surface area (TPSA) is 153 Å². The van der Waals surface area contributed by atoms with Crippen LogP contribution >= 0.6 is 0 Å². The second kappa shape index (κ2) is 8.75. The van der Waals surface area contributed by atoms with Crippen molar-refractivity contribution in [2.24, 2.45) is 11.5 Å². The summed E-state index contributed by atoms with van der Waals surface area (Å²) in [7, 11) is -4.52. The Kier molecular flexibility index (Phi) is 6.28. The number of rotatable bonds is 7. The summed E-state index contributed by atoms with van der Waals surface area (Å²) in [5.74, 6) is -1.56. The quantitative estimate of drug-likeness (QED) is 0.502. The highest BCUT2D eigenvalue weighted by molar-refractivity contribution is 7.92. The number of nitrogens with two attached hydrogens (primary N) is 2. The second-order valence-electron chi connectivity index (χ2n) is 7.27. The van der Waals surface area contributed by atoms with Crippen molar-refractivity contribution in [1.29, 1.82) is 0 Å². The van der Waals surface area contributed by atoms with Crippen molar-refractivity contribution >= 4 is 21.7 Å². The van der Waals surface area contributed by atoms with E-state index in [-0.39, 0.29) is 24.2 Å². The average Bonchev–Trinajstić information content (AvgIpc) is 2.75. The zero-order valence-corrected chi connectivity index (χ0v) is 17.4. The van der Waals surface area contributed by atoms with Gasteiger partial charge in [0.05, 0.1) is 6.04 Å². The molecule has 0 radical (unpaired) electrons. The summed E-state index contributed by atoms with van der Waals surface area (Å²) in [6.07, 6.45) is 3.71. The van der Waals surface area contributed by atoms with Crippen molar-refractivity contribution in [1.82, 2.24) is 4.72 Å². The summed E-state index contributed by atoms with van der Waals surface area (Å²) in [5.41, 5.74) is 12.9. The number of hydrogen-bond donors (Lipinski definition) is 4. The first-order valence-corrected chi connectivity index (χ1v) is 11.0. The van der Waals surface area contributed by atoms with Gasteiger partial charge in [-0.2, -0.15) is 0 Å². The predicted molar refractivity (Wildman–Crippen MR) is 116 cm³/mol. The van der Waals surface area contributed by atoms with Crippen molar-refractivity contribution < 1.29 is 23.1 Å². The Hall–Kier alpha value is -3.43. The van der Waals surface area contributed by atoms with E-state index in [1.54, 1.807) is 30.3 Å². The number of benzene rings is 2. The van der Waals surface area contributed by atoms with Gasteiger partial charge in [0, 0.05) is 11.3 Å². The van der Waals surface area contributed by atoms with Crippen LogP contribution in [0.2, 0.25) is 0 Å². The van der Waals surface area contributed by atoms with Crippen LogP contribution in [-0.2, 0) is 21.2 Å². The second-order valence-corrected chi connectivity index (χ2v) is 9.21. The molecule has 0 spiro atoms. The van der Waals surface area contributed by atoms with E-state index in [1.807, 2.05) is 4.72 Å². The highest BCUT2D eigenvalue weighted by Crippen LogP contribution is 2.31. The predicted octanol–water partition coefficient (Wildman–Crippen LogP) is 1.13. The largest absolute Gasteiger partial charge is 0.508 e. The van der Waals surface area contributed by atoms with Crippen LogP contribution in [0.25, 0.3) is 0 Å². The molecule has 2 aromatic rings. The van der Waals surface area contributed by atoms with Crippen molar-refractivity contribution in [2.75, 3.05) is 0 Å². The van der Waals surface area contributed by atoms with Gasteiger partial charge in [-0.3, -0.25) is 9.59 Å². The van der Waals surface area contributed by atoms with E-state index in [4.69, 9.17) is 11.5 Å². The first kappa shape index (κ1) is 22.3. The van der Waals surface area contributed by atoms with Gasteiger partial charge in [-0.25, -0.2) is 13.1 Å². The number of carbonyl (C=O) groups excluding carboxylic acids is 2. The molecule has 2 aromatic carbocycles. The van der Waals surface area contributed by atoms with Crippen LogP contribution in [0.5, 0.6) is 5.75 Å². The van der Waals surface area contributed by atoms with Crippen LogP contribution in [0.3, 0.4) is 0 Å². The van der Waals surface area contributed by atoms with E-state index in [2.05, 4.69) is 0 Å². The number of hydrogen-bond acceptors (Lipinski definition) is 7. The number of ketones is 1. The fourth-order valence-electron chi connectivity index (χ4n) is 3.30. The average molecular weight is 442 g/mol. The number of nitrogens with one attached hydrogen (secondary N) is 1. The molecule has 0 bridgehead atoms. The van der Waals surface area contributed by atoms with Crippen LogP contribution in [0.4, 0.5) is 0 Å². The fraction of sp³-hybridized carbons (Fsp3) is 0.182. The Balaban J connectivity index is 1.91. The number of carbonyl (C=O) groups is 2. The Morgan fingerprint density at radius 2 is 1.74 bits per heavy atom. The van der Waals surface area contributed by atoms with E-state index in [0.29, 0.717) is 11.3 Å². The molecule has 0 fully saturated rings. The summed E-state index contributed by atoms with van der Waals surface area (Å²) in [5, 5.41) is 9.41. The lowest BCUT2D eigenvalue weighted by Gasteiger charge is -2.32. The number of amides is 1. The van der Waals surface area contributed by atoms with E-state index < -0.39 is 32.5 Å². The molecule has 0 saturated heterocycles. The Labute approximate surface area is 180 Å². The molecule has 3 rings (SSSR count). The molecule has 1 aliphatic carbocycles. The van der Waals surface area contributed by atoms with E-state index >= 15 is 0 Å². The maximum Gasteiger partial charge on any atom is 0.264 e. The molecule has 2 atom stereocenters. The van der Waals surface area contributed by atoms with Gasteiger partial charge in [-0.05, 0) is 48.7 Å². The normalized spacial score (nSPS) is 19.3. The van der Waals surface area contributed by atoms with Gasteiger partial charge in [0.25, 0.3) is 15.9 Å². The van der Waals surface area contributed by atoms with Crippen LogP contribution in [0.15, 0.2) is 78.5 Å². The minimum Gasteiger partial charge on any atom is -0.508 e. The lowest BCUT2D eigenvalue weighted by atomic mass is 9.88. The van der Waals surface area contributed by atoms with Gasteiger partial charge in [-0.1, -0.05) is 42.5 Å². The first-order valence-electron chi connectivity index (χ1n) is 9.49. The van der Waals surface area contributed by atoms with Gasteiger partial charge in [0.15, 0.2) is 10.5 Å². The van der Waals surface area contributed by atoms with E-state index in [1.165, 1.54) is 42.5 Å². The molecule has 6 N–H and O–H groups in total. The van der Waals surface area contributed by atoms with E-state index in [0.717, 1.165) is 0 Å². The lowest BCUT2D eigenvalue weighted by Crippen LogP contribution is -2.58. The molecule has 0 aromatic heterocycles. The zero-order valence-electron chi connectivity index (χ0n) is 16.6. The highest BCUT2D eigenvalue weighted by atomic mass is 32.2. The van der Waals surface area contributed by atoms with Crippen LogP contribution in [0, 0.1) is 0 Å². The molecule has 0 saturated carbocycles. The molecular weight excluding hydrogens is 418 g/mol. The molecule has 162 valence electrons. The number of phenolic OH excluding ortho intramolecular Hbond substituents is 1. The third-order valence-electron chi connectivity index (χ3n) is 5.07. The molecule has 1 aliphatic rings. The number of Topliss-reactive ketones (excluding diaryl/α,β-unsaturated/α-hetero) is 1. The smallest absolute Gasteiger partial charge is 0.264 e. The Morgan fingerprint density at radius 3 is 2.32 bits per heavy atom. The van der Waals surface area contributed by atoms with Gasteiger partial charge in [-0.15, -0.1) is 0 Å². The molecular formula is C22H23N3O5S. The van der Waals surface area contributed by atoms with Crippen molar-refractivity contribution in [2.45, 2.75) is 23.6 Å². The third kappa shape index (κ3) is 4.68. The minimum atomic E-state index is -4.52. The van der Waals surface area contributed by atoms with Gasteiger partial charge < -0.3 is 16.6 Å². The summed E-state index contributed by atoms with van der Waals surface area (Å²) in [6, 6.07) is 12.7. The first-order chi connectivity index (χ1) is 14.6. The monoisotopic (exact) mass is 441 g/mol. The van der Waals surface area contributed by atoms with Crippen LogP contribution < -0.4 is 16.2 Å². The minimum absolute atomic E-state index is 0.0516. The van der Waals surface area contributed by atoms with Gasteiger partial charge >= 0.3 is 0 Å². The number of sulfonamides is 1. The fourth-order valence-corrected chi connectivity index (χ4v) is 4.82. The third-order valence-corrected chi connectivity index (χ3v) is 6.99. The summed E-state index contributed by atoms with van der Waals surface area (Å²) in [6.45, 7) is 0. The summed E-state index contributed by atoms with van der Waals surface area (Å²) >= 11 is 0. The molecule has 0 aliphatic heterocycles. The molecule has 1 amide bonds. The van der Waals surface area contributed by atoms with Crippen LogP contribution in [-0.4, -0.2) is 36.0 Å². The summed E-state index contributed by atoms with van der Waals surface area (Å²) < 4.78 is 26.5. The number of phenols is 1. The van der Waals surface area contributed by atoms with Gasteiger partial charge in [0.1, 0.15) is 5.75 Å². The molecule has 1 unspecified atom stereocenters. The maximum absolute atomic E-state index is 13.3. The standard InChI is InChI=1S/C22H23N3O5S/c23-17-10-12-22(13-11-17,20(27)19(24)14-15-6-8-18(26)9-7-15)31(29,30)25-21(28)16-4-2-1-3-5-16/h1-12,19,26H,13-14,23-24H2,(H,25,28)/t19-,22?/m0/s1. The molecule has 0 heterocycles. The van der Waals surface area contributed by atoms with Crippen molar-refractivity contribution in [3.63, 3.8) is 0 Å². The van der Waals surface area contributed by atoms with Crippen molar-refractivity contribution in [3.05, 3.63) is 89.6 Å². The van der Waals surface area contributed by atoms with Crippen molar-refractivity contribution in [3.8, 4) is 5.75 Å². The molecule has 9 heteroatoms. The lowest BCUT2D eigenvalue weighted by molar-refractivity contribution is -0.121. The van der Waals surface area contributed by atoms with Crippen LogP contribution in [0.1, 0.15) is 22.3 Å². The summed E-state index contributed by atoms with van der Waals surface area (Å²) in [4.78, 5) is 25.8. The zero-order chi connectivity index (χ0) is 22.6.